The molecule has 0 amide bonds. The van der Waals surface area contributed by atoms with Gasteiger partial charge in [0.05, 0.1) is 6.10 Å². The van der Waals surface area contributed by atoms with Gasteiger partial charge in [0, 0.05) is 6.42 Å². The highest BCUT2D eigenvalue weighted by Gasteiger charge is 2.60. The van der Waals surface area contributed by atoms with Crippen molar-refractivity contribution in [3.05, 3.63) is 0 Å². The quantitative estimate of drug-likeness (QED) is 0.661. The summed E-state index contributed by atoms with van der Waals surface area (Å²) in [6.45, 7) is 7.61. The summed E-state index contributed by atoms with van der Waals surface area (Å²) in [5.74, 6) is 5.02. The number of carbonyl (C=O) groups excluding carboxylic acids is 1. The van der Waals surface area contributed by atoms with Crippen LogP contribution in [0, 0.1) is 46.3 Å². The number of aldehydes is 1. The van der Waals surface area contributed by atoms with Gasteiger partial charge in [0.1, 0.15) is 6.29 Å². The first-order valence-corrected chi connectivity index (χ1v) is 11.5. The van der Waals surface area contributed by atoms with E-state index < -0.39 is 0 Å². The lowest BCUT2D eigenvalue weighted by atomic mass is 9.44. The predicted molar refractivity (Wildman–Crippen MR) is 106 cm³/mol. The molecule has 2 nitrogen and oxygen atoms in total. The Morgan fingerprint density at radius 1 is 1.00 bits per heavy atom. The van der Waals surface area contributed by atoms with E-state index in [0.717, 1.165) is 61.6 Å². The van der Waals surface area contributed by atoms with Crippen LogP contribution in [-0.4, -0.2) is 17.5 Å². The first kappa shape index (κ1) is 19.0. The Hall–Kier alpha value is -0.370. The van der Waals surface area contributed by atoms with E-state index in [2.05, 4.69) is 20.8 Å². The molecule has 4 aliphatic rings. The fourth-order valence-electron chi connectivity index (χ4n) is 8.74. The maximum Gasteiger partial charge on any atom is 0.120 e. The third-order valence-electron chi connectivity index (χ3n) is 10.1. The zero-order chi connectivity index (χ0) is 18.5. The Kier molecular flexibility index (Phi) is 5.04. The molecule has 0 saturated heterocycles. The fourth-order valence-corrected chi connectivity index (χ4v) is 8.74. The van der Waals surface area contributed by atoms with E-state index >= 15 is 0 Å². The SMILES string of the molecule is CC(CCC=O)C1CCC2[C@@H]3CC[C@@H]4C[C@H](O)CC[C@]4(C)C3CC[C@]12C. The van der Waals surface area contributed by atoms with Gasteiger partial charge in [0.15, 0.2) is 0 Å². The van der Waals surface area contributed by atoms with Crippen molar-refractivity contribution in [2.75, 3.05) is 0 Å². The topological polar surface area (TPSA) is 37.3 Å². The van der Waals surface area contributed by atoms with Crippen LogP contribution in [0.25, 0.3) is 0 Å². The fraction of sp³-hybridized carbons (Fsp3) is 0.958. The van der Waals surface area contributed by atoms with Crippen LogP contribution in [0.2, 0.25) is 0 Å². The maximum absolute atomic E-state index is 10.8. The Morgan fingerprint density at radius 2 is 1.73 bits per heavy atom. The Balaban J connectivity index is 1.53. The van der Waals surface area contributed by atoms with Gasteiger partial charge in [-0.25, -0.2) is 0 Å². The molecule has 4 rings (SSSR count). The number of hydrogen-bond donors (Lipinski definition) is 1. The average Bonchev–Trinajstić information content (AvgIpc) is 2.97. The summed E-state index contributed by atoms with van der Waals surface area (Å²) < 4.78 is 0. The minimum atomic E-state index is -0.0342. The van der Waals surface area contributed by atoms with Crippen LogP contribution >= 0.6 is 0 Å². The highest BCUT2D eigenvalue weighted by Crippen LogP contribution is 2.68. The molecule has 0 aromatic rings. The molecular formula is C24H40O2. The summed E-state index contributed by atoms with van der Waals surface area (Å²) in [5.41, 5.74) is 1.01. The van der Waals surface area contributed by atoms with Crippen LogP contribution in [0.3, 0.4) is 0 Å². The average molecular weight is 361 g/mol. The third kappa shape index (κ3) is 2.81. The van der Waals surface area contributed by atoms with Gasteiger partial charge in [0.25, 0.3) is 0 Å². The summed E-state index contributed by atoms with van der Waals surface area (Å²) >= 11 is 0. The molecule has 0 aliphatic heterocycles. The molecule has 0 heterocycles. The lowest BCUT2D eigenvalue weighted by Crippen LogP contribution is -2.54. The normalized spacial score (nSPS) is 51.8. The Bertz CT molecular complexity index is 530. The molecule has 4 saturated carbocycles. The van der Waals surface area contributed by atoms with Crippen molar-refractivity contribution >= 4 is 6.29 Å². The van der Waals surface area contributed by atoms with Crippen molar-refractivity contribution in [2.45, 2.75) is 97.5 Å². The second-order valence-corrected chi connectivity index (χ2v) is 11.0. The van der Waals surface area contributed by atoms with E-state index in [-0.39, 0.29) is 6.10 Å². The first-order chi connectivity index (χ1) is 12.4. The lowest BCUT2D eigenvalue weighted by Gasteiger charge is -2.61. The molecule has 4 aliphatic carbocycles. The highest BCUT2D eigenvalue weighted by molar-refractivity contribution is 5.49. The zero-order valence-electron chi connectivity index (χ0n) is 17.3. The Labute approximate surface area is 160 Å². The van der Waals surface area contributed by atoms with E-state index in [1.54, 1.807) is 0 Å². The van der Waals surface area contributed by atoms with Crippen LogP contribution in [0.4, 0.5) is 0 Å². The monoisotopic (exact) mass is 360 g/mol. The molecular weight excluding hydrogens is 320 g/mol. The number of aliphatic hydroxyl groups excluding tert-OH is 1. The lowest BCUT2D eigenvalue weighted by molar-refractivity contribution is -0.129. The van der Waals surface area contributed by atoms with Crippen molar-refractivity contribution in [2.24, 2.45) is 46.3 Å². The number of fused-ring (bicyclic) bond motifs is 5. The first-order valence-electron chi connectivity index (χ1n) is 11.5. The van der Waals surface area contributed by atoms with Crippen molar-refractivity contribution in [1.29, 1.82) is 0 Å². The molecule has 0 aromatic heterocycles. The Morgan fingerprint density at radius 3 is 2.50 bits per heavy atom. The molecule has 0 bridgehead atoms. The van der Waals surface area contributed by atoms with E-state index in [0.29, 0.717) is 16.7 Å². The summed E-state index contributed by atoms with van der Waals surface area (Å²) in [7, 11) is 0. The van der Waals surface area contributed by atoms with Gasteiger partial charge in [-0.2, -0.15) is 0 Å². The van der Waals surface area contributed by atoms with E-state index in [1.165, 1.54) is 44.9 Å². The van der Waals surface area contributed by atoms with E-state index in [1.807, 2.05) is 0 Å². The molecule has 0 spiro atoms. The predicted octanol–water partition coefficient (Wildman–Crippen LogP) is 5.62. The molecule has 0 radical (unpaired) electrons. The maximum atomic E-state index is 10.8. The number of hydrogen-bond acceptors (Lipinski definition) is 2. The van der Waals surface area contributed by atoms with Crippen LogP contribution < -0.4 is 0 Å². The van der Waals surface area contributed by atoms with Crippen LogP contribution in [0.1, 0.15) is 91.4 Å². The van der Waals surface area contributed by atoms with Crippen molar-refractivity contribution in [1.82, 2.24) is 0 Å². The second-order valence-electron chi connectivity index (χ2n) is 11.0. The van der Waals surface area contributed by atoms with Crippen LogP contribution in [0.5, 0.6) is 0 Å². The summed E-state index contributed by atoms with van der Waals surface area (Å²) in [4.78, 5) is 10.8. The molecule has 9 atom stereocenters. The van der Waals surface area contributed by atoms with Gasteiger partial charge in [-0.3, -0.25) is 0 Å². The number of aliphatic hydroxyl groups is 1. The third-order valence-corrected chi connectivity index (χ3v) is 10.1. The number of carbonyl (C=O) groups is 1. The summed E-state index contributed by atoms with van der Waals surface area (Å²) in [5, 5.41) is 10.2. The molecule has 4 fully saturated rings. The smallest absolute Gasteiger partial charge is 0.120 e. The van der Waals surface area contributed by atoms with Crippen molar-refractivity contribution in [3.63, 3.8) is 0 Å². The largest absolute Gasteiger partial charge is 0.393 e. The standard InChI is InChI=1S/C24H40O2/c1-16(5-4-14-25)20-8-9-21-19-7-6-17-15-18(26)10-12-23(17,2)22(19)11-13-24(20,21)3/h14,16-22,26H,4-13,15H2,1-3H3/t16?,17-,18-,19+,20?,21?,22?,23+,24-/m1/s1. The highest BCUT2D eigenvalue weighted by atomic mass is 16.3. The summed E-state index contributed by atoms with van der Waals surface area (Å²) in [6.07, 6.45) is 14.7. The van der Waals surface area contributed by atoms with Gasteiger partial charge in [-0.1, -0.05) is 20.8 Å². The van der Waals surface area contributed by atoms with Gasteiger partial charge < -0.3 is 9.90 Å². The van der Waals surface area contributed by atoms with E-state index in [9.17, 15) is 9.90 Å². The van der Waals surface area contributed by atoms with Gasteiger partial charge in [-0.15, -0.1) is 0 Å². The number of rotatable bonds is 4. The van der Waals surface area contributed by atoms with Gasteiger partial charge in [0.2, 0.25) is 0 Å². The van der Waals surface area contributed by atoms with Crippen molar-refractivity contribution in [3.8, 4) is 0 Å². The molecule has 0 aromatic carbocycles. The second kappa shape index (κ2) is 6.90. The minimum absolute atomic E-state index is 0.0342. The molecule has 148 valence electrons. The van der Waals surface area contributed by atoms with Crippen LogP contribution in [-0.2, 0) is 4.79 Å². The molecule has 1 N–H and O–H groups in total. The van der Waals surface area contributed by atoms with Gasteiger partial charge in [-0.05, 0) is 111 Å². The molecule has 4 unspecified atom stereocenters. The summed E-state index contributed by atoms with van der Waals surface area (Å²) in [6, 6.07) is 0. The van der Waals surface area contributed by atoms with Crippen LogP contribution in [0.15, 0.2) is 0 Å². The van der Waals surface area contributed by atoms with Gasteiger partial charge >= 0.3 is 0 Å². The van der Waals surface area contributed by atoms with E-state index in [4.69, 9.17) is 0 Å². The molecule has 26 heavy (non-hydrogen) atoms. The van der Waals surface area contributed by atoms with Crippen molar-refractivity contribution < 1.29 is 9.90 Å². The molecule has 2 heteroatoms. The zero-order valence-corrected chi connectivity index (χ0v) is 17.3. The minimum Gasteiger partial charge on any atom is -0.393 e.